The summed E-state index contributed by atoms with van der Waals surface area (Å²) in [5.41, 5.74) is 9.26. The average Bonchev–Trinajstić information content (AvgIpc) is 3.06. The van der Waals surface area contributed by atoms with E-state index in [1.807, 2.05) is 41.3 Å². The lowest BCUT2D eigenvalue weighted by Gasteiger charge is -2.38. The number of nitrogens with zero attached hydrogens (tertiary/aromatic N) is 1. The first kappa shape index (κ1) is 17.9. The van der Waals surface area contributed by atoms with Crippen LogP contribution in [0.1, 0.15) is 29.5 Å². The zero-order chi connectivity index (χ0) is 18.9. The molecule has 2 aromatic carbocycles. The zero-order valence-electron chi connectivity index (χ0n) is 15.7. The Bertz CT molecular complexity index is 824. The summed E-state index contributed by atoms with van der Waals surface area (Å²) in [6, 6.07) is 14.0. The normalized spacial score (nSPS) is 17.5. The fourth-order valence-corrected chi connectivity index (χ4v) is 4.17. The van der Waals surface area contributed by atoms with E-state index in [-0.39, 0.29) is 11.3 Å². The van der Waals surface area contributed by atoms with Gasteiger partial charge in [0.2, 0.25) is 5.91 Å². The highest BCUT2D eigenvalue weighted by molar-refractivity contribution is 5.79. The van der Waals surface area contributed by atoms with Gasteiger partial charge in [0.25, 0.3) is 0 Å². The zero-order valence-corrected chi connectivity index (χ0v) is 15.7. The van der Waals surface area contributed by atoms with Gasteiger partial charge < -0.3 is 20.1 Å². The number of likely N-dealkylation sites (tertiary alicyclic amines) is 1. The van der Waals surface area contributed by atoms with Crippen LogP contribution in [-0.4, -0.2) is 37.6 Å². The Hall–Kier alpha value is -2.53. The molecule has 0 aliphatic carbocycles. The molecule has 1 fully saturated rings. The van der Waals surface area contributed by atoms with Crippen LogP contribution in [-0.2, 0) is 23.2 Å². The number of fused-ring (bicyclic) bond motifs is 2. The Kier molecular flexibility index (Phi) is 4.79. The van der Waals surface area contributed by atoms with Gasteiger partial charge in [0, 0.05) is 30.6 Å². The van der Waals surface area contributed by atoms with E-state index in [1.165, 1.54) is 5.56 Å². The predicted octanol–water partition coefficient (Wildman–Crippen LogP) is 2.65. The second kappa shape index (κ2) is 7.24. The van der Waals surface area contributed by atoms with E-state index in [0.717, 1.165) is 48.6 Å². The molecule has 2 aliphatic rings. The Balaban J connectivity index is 1.41. The average molecular weight is 366 g/mol. The van der Waals surface area contributed by atoms with Gasteiger partial charge in [0.15, 0.2) is 0 Å². The van der Waals surface area contributed by atoms with Gasteiger partial charge in [-0.15, -0.1) is 0 Å². The summed E-state index contributed by atoms with van der Waals surface area (Å²) in [6.07, 6.45) is 2.30. The summed E-state index contributed by atoms with van der Waals surface area (Å²) in [5.74, 6) is 1.97. The van der Waals surface area contributed by atoms with Gasteiger partial charge in [-0.1, -0.05) is 24.3 Å². The van der Waals surface area contributed by atoms with Crippen molar-refractivity contribution in [3.63, 3.8) is 0 Å². The molecule has 5 nitrogen and oxygen atoms in total. The molecule has 0 aromatic heterocycles. The molecule has 4 rings (SSSR count). The maximum Gasteiger partial charge on any atom is 0.226 e. The van der Waals surface area contributed by atoms with E-state index in [0.29, 0.717) is 19.6 Å². The standard InChI is InChI=1S/C22H26N2O3/c1-26-18-5-2-16(3-6-18)13-21(25)24-10-8-22(9-11-24)15-27-20-7-4-17(14-23)12-19(20)22/h2-7,12H,8-11,13-15,23H2,1H3. The molecule has 0 bridgehead atoms. The Morgan fingerprint density at radius 1 is 1.15 bits per heavy atom. The van der Waals surface area contributed by atoms with Gasteiger partial charge in [-0.3, -0.25) is 4.79 Å². The minimum atomic E-state index is 0.0252. The van der Waals surface area contributed by atoms with Crippen molar-refractivity contribution >= 4 is 5.91 Å². The van der Waals surface area contributed by atoms with Crippen molar-refractivity contribution in [2.45, 2.75) is 31.2 Å². The van der Waals surface area contributed by atoms with Crippen LogP contribution in [0.4, 0.5) is 0 Å². The second-order valence-electron chi connectivity index (χ2n) is 7.51. The predicted molar refractivity (Wildman–Crippen MR) is 104 cm³/mol. The van der Waals surface area contributed by atoms with Crippen LogP contribution in [0.25, 0.3) is 0 Å². The Morgan fingerprint density at radius 2 is 1.85 bits per heavy atom. The summed E-state index contributed by atoms with van der Waals surface area (Å²) in [5, 5.41) is 0. The number of carbonyl (C=O) groups excluding carboxylic acids is 1. The highest BCUT2D eigenvalue weighted by Crippen LogP contribution is 2.45. The molecule has 1 saturated heterocycles. The van der Waals surface area contributed by atoms with E-state index in [4.69, 9.17) is 15.2 Å². The summed E-state index contributed by atoms with van der Waals surface area (Å²) >= 11 is 0. The maximum absolute atomic E-state index is 12.7. The van der Waals surface area contributed by atoms with E-state index in [2.05, 4.69) is 6.07 Å². The van der Waals surface area contributed by atoms with E-state index in [1.54, 1.807) is 7.11 Å². The van der Waals surface area contributed by atoms with Crippen LogP contribution in [0.2, 0.25) is 0 Å². The van der Waals surface area contributed by atoms with E-state index < -0.39 is 0 Å². The molecule has 0 radical (unpaired) electrons. The lowest BCUT2D eigenvalue weighted by Crippen LogP contribution is -2.46. The first-order valence-corrected chi connectivity index (χ1v) is 9.50. The number of methoxy groups -OCH3 is 1. The SMILES string of the molecule is COc1ccc(CC(=O)N2CCC3(CC2)COc2ccc(CN)cc23)cc1. The molecule has 0 atom stereocenters. The van der Waals surface area contributed by atoms with Crippen molar-refractivity contribution in [1.82, 2.24) is 4.90 Å². The number of piperidine rings is 1. The molecule has 0 unspecified atom stereocenters. The van der Waals surface area contributed by atoms with Crippen molar-refractivity contribution in [3.8, 4) is 11.5 Å². The fraction of sp³-hybridized carbons (Fsp3) is 0.409. The summed E-state index contributed by atoms with van der Waals surface area (Å²) < 4.78 is 11.1. The van der Waals surface area contributed by atoms with Crippen molar-refractivity contribution in [2.24, 2.45) is 5.73 Å². The molecule has 1 spiro atoms. The molecule has 1 amide bonds. The van der Waals surface area contributed by atoms with Crippen LogP contribution in [0, 0.1) is 0 Å². The number of rotatable bonds is 4. The monoisotopic (exact) mass is 366 g/mol. The Labute approximate surface area is 160 Å². The summed E-state index contributed by atoms with van der Waals surface area (Å²) in [6.45, 7) is 2.78. The first-order chi connectivity index (χ1) is 13.1. The van der Waals surface area contributed by atoms with Gasteiger partial charge >= 0.3 is 0 Å². The number of ether oxygens (including phenoxy) is 2. The smallest absolute Gasteiger partial charge is 0.226 e. The lowest BCUT2D eigenvalue weighted by molar-refractivity contribution is -0.132. The number of benzene rings is 2. The molecule has 5 heteroatoms. The Morgan fingerprint density at radius 3 is 2.52 bits per heavy atom. The largest absolute Gasteiger partial charge is 0.497 e. The highest BCUT2D eigenvalue weighted by atomic mass is 16.5. The van der Waals surface area contributed by atoms with Crippen LogP contribution < -0.4 is 15.2 Å². The van der Waals surface area contributed by atoms with Crippen molar-refractivity contribution in [2.75, 3.05) is 26.8 Å². The van der Waals surface area contributed by atoms with Crippen molar-refractivity contribution in [3.05, 3.63) is 59.2 Å². The van der Waals surface area contributed by atoms with Gasteiger partial charge in [0.05, 0.1) is 20.1 Å². The molecular weight excluding hydrogens is 340 g/mol. The summed E-state index contributed by atoms with van der Waals surface area (Å²) in [4.78, 5) is 14.7. The minimum Gasteiger partial charge on any atom is -0.497 e. The highest BCUT2D eigenvalue weighted by Gasteiger charge is 2.43. The van der Waals surface area contributed by atoms with Gasteiger partial charge in [0.1, 0.15) is 11.5 Å². The third-order valence-corrected chi connectivity index (χ3v) is 5.94. The van der Waals surface area contributed by atoms with Crippen LogP contribution in [0.3, 0.4) is 0 Å². The van der Waals surface area contributed by atoms with Crippen LogP contribution in [0.5, 0.6) is 11.5 Å². The topological polar surface area (TPSA) is 64.8 Å². The van der Waals surface area contributed by atoms with E-state index >= 15 is 0 Å². The molecule has 27 heavy (non-hydrogen) atoms. The number of amides is 1. The van der Waals surface area contributed by atoms with Crippen LogP contribution in [0.15, 0.2) is 42.5 Å². The molecule has 0 saturated carbocycles. The van der Waals surface area contributed by atoms with Crippen LogP contribution >= 0.6 is 0 Å². The van der Waals surface area contributed by atoms with Gasteiger partial charge in [-0.05, 0) is 42.2 Å². The fourth-order valence-electron chi connectivity index (χ4n) is 4.17. The summed E-state index contributed by atoms with van der Waals surface area (Å²) in [7, 11) is 1.64. The molecule has 2 aromatic rings. The number of hydrogen-bond donors (Lipinski definition) is 1. The molecular formula is C22H26N2O3. The van der Waals surface area contributed by atoms with Crippen molar-refractivity contribution < 1.29 is 14.3 Å². The van der Waals surface area contributed by atoms with Crippen molar-refractivity contribution in [1.29, 1.82) is 0 Å². The quantitative estimate of drug-likeness (QED) is 0.903. The first-order valence-electron chi connectivity index (χ1n) is 9.50. The molecule has 2 aliphatic heterocycles. The number of hydrogen-bond acceptors (Lipinski definition) is 4. The molecule has 2 N–H and O–H groups in total. The third kappa shape index (κ3) is 3.39. The van der Waals surface area contributed by atoms with Gasteiger partial charge in [-0.25, -0.2) is 0 Å². The van der Waals surface area contributed by atoms with E-state index in [9.17, 15) is 4.79 Å². The number of carbonyl (C=O) groups is 1. The third-order valence-electron chi connectivity index (χ3n) is 5.94. The number of nitrogens with two attached hydrogens (primary N) is 1. The molecule has 142 valence electrons. The lowest BCUT2D eigenvalue weighted by atomic mass is 9.74. The second-order valence-corrected chi connectivity index (χ2v) is 7.51. The van der Waals surface area contributed by atoms with Gasteiger partial charge in [-0.2, -0.15) is 0 Å². The maximum atomic E-state index is 12.7. The molecule has 2 heterocycles. The minimum absolute atomic E-state index is 0.0252.